The summed E-state index contributed by atoms with van der Waals surface area (Å²) in [4.78, 5) is 21.3. The molecule has 33 heavy (non-hydrogen) atoms. The standard InChI is InChI=1S/C21H22F3N5O3S/c1-12(14-4-3-5-15(19(14)22)20(23)24)25-21-16-11-29(28-6-8-33(31,32)9-7-28)18(30)10-17(16)26-13(2)27-21/h3-5,10-12,20H,6-9H2,1-2H3,(H,25,26,27)/t12-/m1/s1. The molecule has 1 fully saturated rings. The lowest BCUT2D eigenvalue weighted by Gasteiger charge is -2.30. The Balaban J connectivity index is 1.73. The van der Waals surface area contributed by atoms with Crippen LogP contribution in [0, 0.1) is 12.7 Å². The minimum absolute atomic E-state index is 0.0479. The van der Waals surface area contributed by atoms with Gasteiger partial charge in [-0.15, -0.1) is 0 Å². The van der Waals surface area contributed by atoms with Gasteiger partial charge in [-0.1, -0.05) is 18.2 Å². The molecule has 0 saturated carbocycles. The van der Waals surface area contributed by atoms with E-state index in [4.69, 9.17) is 0 Å². The van der Waals surface area contributed by atoms with Crippen LogP contribution >= 0.6 is 0 Å². The van der Waals surface area contributed by atoms with E-state index in [0.29, 0.717) is 22.5 Å². The van der Waals surface area contributed by atoms with Crippen molar-refractivity contribution in [2.75, 3.05) is 34.9 Å². The average Bonchev–Trinajstić information content (AvgIpc) is 2.73. The molecule has 0 spiro atoms. The van der Waals surface area contributed by atoms with Gasteiger partial charge in [-0.3, -0.25) is 4.79 Å². The van der Waals surface area contributed by atoms with Gasteiger partial charge in [0, 0.05) is 30.9 Å². The Morgan fingerprint density at radius 2 is 1.79 bits per heavy atom. The van der Waals surface area contributed by atoms with Gasteiger partial charge in [-0.2, -0.15) is 0 Å². The minimum Gasteiger partial charge on any atom is -0.363 e. The number of pyridine rings is 1. The molecule has 3 aromatic rings. The molecule has 1 aliphatic heterocycles. The summed E-state index contributed by atoms with van der Waals surface area (Å²) in [5.74, 6) is -0.465. The van der Waals surface area contributed by atoms with Gasteiger partial charge in [-0.05, 0) is 13.8 Å². The first-order valence-corrected chi connectivity index (χ1v) is 12.1. The molecule has 1 N–H and O–H groups in total. The van der Waals surface area contributed by atoms with Gasteiger partial charge in [0.1, 0.15) is 17.5 Å². The number of sulfone groups is 1. The minimum atomic E-state index is -3.14. The van der Waals surface area contributed by atoms with Crippen LogP contribution in [0.3, 0.4) is 0 Å². The first-order chi connectivity index (χ1) is 15.6. The number of hydrogen-bond donors (Lipinski definition) is 1. The lowest BCUT2D eigenvalue weighted by Crippen LogP contribution is -2.50. The third-order valence-electron chi connectivity index (χ3n) is 5.56. The molecular weight excluding hydrogens is 459 g/mol. The number of fused-ring (bicyclic) bond motifs is 1. The number of halogens is 3. The third-order valence-corrected chi connectivity index (χ3v) is 7.17. The fourth-order valence-corrected chi connectivity index (χ4v) is 4.99. The van der Waals surface area contributed by atoms with E-state index >= 15 is 0 Å². The van der Waals surface area contributed by atoms with Crippen LogP contribution in [0.4, 0.5) is 19.0 Å². The summed E-state index contributed by atoms with van der Waals surface area (Å²) < 4.78 is 65.7. The predicted molar refractivity (Wildman–Crippen MR) is 119 cm³/mol. The molecule has 0 radical (unpaired) electrons. The normalized spacial score (nSPS) is 16.8. The average molecular weight is 482 g/mol. The van der Waals surface area contributed by atoms with Crippen LogP contribution in [0.1, 0.15) is 36.3 Å². The summed E-state index contributed by atoms with van der Waals surface area (Å²) in [5, 5.41) is 5.12. The number of aromatic nitrogens is 3. The van der Waals surface area contributed by atoms with E-state index in [1.165, 1.54) is 29.1 Å². The van der Waals surface area contributed by atoms with Crippen LogP contribution in [0.2, 0.25) is 0 Å². The predicted octanol–water partition coefficient (Wildman–Crippen LogP) is 2.72. The van der Waals surface area contributed by atoms with E-state index in [0.717, 1.165) is 6.07 Å². The molecule has 0 amide bonds. The Bertz CT molecular complexity index is 1360. The number of nitrogens with zero attached hydrogens (tertiary/aromatic N) is 4. The molecule has 176 valence electrons. The Kier molecular flexibility index (Phi) is 6.04. The largest absolute Gasteiger partial charge is 0.363 e. The highest BCUT2D eigenvalue weighted by molar-refractivity contribution is 7.91. The van der Waals surface area contributed by atoms with Crippen molar-refractivity contribution < 1.29 is 21.6 Å². The second-order valence-electron chi connectivity index (χ2n) is 7.90. The van der Waals surface area contributed by atoms with Crippen molar-refractivity contribution >= 4 is 26.6 Å². The van der Waals surface area contributed by atoms with Crippen molar-refractivity contribution in [1.29, 1.82) is 0 Å². The molecule has 0 unspecified atom stereocenters. The molecule has 1 aromatic carbocycles. The molecule has 2 aromatic heterocycles. The lowest BCUT2D eigenvalue weighted by atomic mass is 10.0. The molecule has 3 heterocycles. The maximum Gasteiger partial charge on any atom is 0.271 e. The summed E-state index contributed by atoms with van der Waals surface area (Å²) in [6, 6.07) is 4.42. The summed E-state index contributed by atoms with van der Waals surface area (Å²) >= 11 is 0. The fraction of sp³-hybridized carbons (Fsp3) is 0.381. The molecular formula is C21H22F3N5O3S. The van der Waals surface area contributed by atoms with Crippen LogP contribution in [0.15, 0.2) is 35.3 Å². The van der Waals surface area contributed by atoms with Gasteiger partial charge in [-0.25, -0.2) is 36.2 Å². The summed E-state index contributed by atoms with van der Waals surface area (Å²) in [6.45, 7) is 3.56. The van der Waals surface area contributed by atoms with E-state index in [9.17, 15) is 26.4 Å². The summed E-state index contributed by atoms with van der Waals surface area (Å²) in [5.41, 5.74) is -0.662. The quantitative estimate of drug-likeness (QED) is 0.599. The number of hydrogen-bond acceptors (Lipinski definition) is 7. The maximum absolute atomic E-state index is 14.6. The summed E-state index contributed by atoms with van der Waals surface area (Å²) in [6.07, 6.45) is -1.43. The van der Waals surface area contributed by atoms with Gasteiger partial charge in [0.05, 0.1) is 34.0 Å². The highest BCUT2D eigenvalue weighted by atomic mass is 32.2. The molecule has 1 aliphatic rings. The van der Waals surface area contributed by atoms with Crippen molar-refractivity contribution in [3.05, 3.63) is 63.6 Å². The van der Waals surface area contributed by atoms with Crippen LogP contribution in [-0.2, 0) is 9.84 Å². The second kappa shape index (κ2) is 8.65. The monoisotopic (exact) mass is 481 g/mol. The smallest absolute Gasteiger partial charge is 0.271 e. The number of anilines is 1. The molecule has 1 saturated heterocycles. The molecule has 0 aliphatic carbocycles. The zero-order valence-electron chi connectivity index (χ0n) is 17.9. The first-order valence-electron chi connectivity index (χ1n) is 10.3. The second-order valence-corrected chi connectivity index (χ2v) is 10.2. The number of benzene rings is 1. The van der Waals surface area contributed by atoms with Crippen LogP contribution in [-0.4, -0.2) is 47.7 Å². The van der Waals surface area contributed by atoms with Gasteiger partial charge in [0.15, 0.2) is 9.84 Å². The number of rotatable bonds is 5. The Hall–Kier alpha value is -3.15. The van der Waals surface area contributed by atoms with E-state index in [-0.39, 0.29) is 35.7 Å². The molecule has 4 rings (SSSR count). The first kappa shape index (κ1) is 23.0. The number of aryl methyl sites for hydroxylation is 1. The SMILES string of the molecule is Cc1nc(N[C@H](C)c2cccc(C(F)F)c2F)c2cn(N3CCS(=O)(=O)CC3)c(=O)cc2n1. The molecule has 8 nitrogen and oxygen atoms in total. The Morgan fingerprint density at radius 1 is 1.12 bits per heavy atom. The highest BCUT2D eigenvalue weighted by Gasteiger charge is 2.24. The Morgan fingerprint density at radius 3 is 2.45 bits per heavy atom. The van der Waals surface area contributed by atoms with Crippen molar-refractivity contribution in [3.8, 4) is 0 Å². The molecule has 0 bridgehead atoms. The van der Waals surface area contributed by atoms with Crippen molar-refractivity contribution in [2.45, 2.75) is 26.3 Å². The highest BCUT2D eigenvalue weighted by Crippen LogP contribution is 2.30. The van der Waals surface area contributed by atoms with Gasteiger partial charge in [0.2, 0.25) is 0 Å². The zero-order valence-corrected chi connectivity index (χ0v) is 18.7. The fourth-order valence-electron chi connectivity index (χ4n) is 3.81. The zero-order chi connectivity index (χ0) is 23.9. The van der Waals surface area contributed by atoms with E-state index in [2.05, 4.69) is 15.3 Å². The Labute approximate surface area is 188 Å². The van der Waals surface area contributed by atoms with Crippen molar-refractivity contribution in [2.24, 2.45) is 0 Å². The maximum atomic E-state index is 14.6. The third kappa shape index (κ3) is 4.65. The van der Waals surface area contributed by atoms with Crippen LogP contribution in [0.25, 0.3) is 10.9 Å². The molecule has 12 heteroatoms. The van der Waals surface area contributed by atoms with Crippen LogP contribution in [0.5, 0.6) is 0 Å². The van der Waals surface area contributed by atoms with Crippen LogP contribution < -0.4 is 15.9 Å². The topological polar surface area (TPSA) is 97.2 Å². The van der Waals surface area contributed by atoms with E-state index in [1.54, 1.807) is 18.9 Å². The van der Waals surface area contributed by atoms with E-state index < -0.39 is 33.7 Å². The van der Waals surface area contributed by atoms with E-state index in [1.807, 2.05) is 0 Å². The van der Waals surface area contributed by atoms with Gasteiger partial charge < -0.3 is 10.3 Å². The number of alkyl halides is 2. The van der Waals surface area contributed by atoms with Gasteiger partial charge >= 0.3 is 0 Å². The number of nitrogens with one attached hydrogen (secondary N) is 1. The summed E-state index contributed by atoms with van der Waals surface area (Å²) in [7, 11) is -3.14. The van der Waals surface area contributed by atoms with Crippen molar-refractivity contribution in [3.63, 3.8) is 0 Å². The molecule has 1 atom stereocenters. The lowest BCUT2D eigenvalue weighted by molar-refractivity contribution is 0.146. The van der Waals surface area contributed by atoms with Gasteiger partial charge in [0.25, 0.3) is 12.0 Å². The van der Waals surface area contributed by atoms with Crippen molar-refractivity contribution in [1.82, 2.24) is 14.6 Å².